The molecule has 1 heterocycles. The smallest absolute Gasteiger partial charge is 0.222 e. The molecule has 0 atom stereocenters. The van der Waals surface area contributed by atoms with Gasteiger partial charge in [0.1, 0.15) is 0 Å². The molecule has 0 bridgehead atoms. The van der Waals surface area contributed by atoms with Gasteiger partial charge < -0.3 is 15.8 Å². The summed E-state index contributed by atoms with van der Waals surface area (Å²) in [6.07, 6.45) is 5.13. The van der Waals surface area contributed by atoms with Crippen LogP contribution in [0.3, 0.4) is 0 Å². The highest BCUT2D eigenvalue weighted by atomic mass is 16.5. The van der Waals surface area contributed by atoms with Gasteiger partial charge in [0.25, 0.3) is 0 Å². The molecule has 3 N–H and O–H groups in total. The second kappa shape index (κ2) is 3.87. The van der Waals surface area contributed by atoms with Gasteiger partial charge in [-0.05, 0) is 12.8 Å². The van der Waals surface area contributed by atoms with Gasteiger partial charge in [0, 0.05) is 12.5 Å². The van der Waals surface area contributed by atoms with Gasteiger partial charge >= 0.3 is 0 Å². The minimum Gasteiger partial charge on any atom is -0.377 e. The van der Waals surface area contributed by atoms with E-state index in [1.54, 1.807) is 0 Å². The van der Waals surface area contributed by atoms with Gasteiger partial charge in [-0.2, -0.15) is 0 Å². The molecular weight excluding hydrogens is 180 g/mol. The molecule has 2 aliphatic rings. The van der Waals surface area contributed by atoms with Crippen LogP contribution in [0.15, 0.2) is 0 Å². The first-order valence-electron chi connectivity index (χ1n) is 5.34. The fraction of sp³-hybridized carbons (Fsp3) is 0.900. The summed E-state index contributed by atoms with van der Waals surface area (Å²) < 4.78 is 5.00. The van der Waals surface area contributed by atoms with Crippen LogP contribution in [0.25, 0.3) is 0 Å². The molecule has 0 unspecified atom stereocenters. The maximum Gasteiger partial charge on any atom is 0.222 e. The average Bonchev–Trinajstić information content (AvgIpc) is 2.53. The first kappa shape index (κ1) is 9.93. The quantitative estimate of drug-likeness (QED) is 0.679. The Balaban J connectivity index is 1.72. The third-order valence-electron chi connectivity index (χ3n) is 3.01. The molecule has 0 radical (unpaired) electrons. The zero-order chi connectivity index (χ0) is 10.0. The van der Waals surface area contributed by atoms with E-state index in [1.165, 1.54) is 12.8 Å². The molecule has 1 amide bonds. The molecule has 80 valence electrons. The molecule has 2 fully saturated rings. The van der Waals surface area contributed by atoms with Gasteiger partial charge in [0.05, 0.1) is 18.8 Å². The molecule has 0 aromatic carbocycles. The second-order valence-electron chi connectivity index (χ2n) is 4.58. The number of rotatable bonds is 3. The van der Waals surface area contributed by atoms with Crippen molar-refractivity contribution in [2.45, 2.75) is 43.7 Å². The third-order valence-corrected chi connectivity index (χ3v) is 3.01. The van der Waals surface area contributed by atoms with E-state index in [9.17, 15) is 4.79 Å². The predicted octanol–water partition coefficient (Wildman–Crippen LogP) is 0.163. The molecule has 1 saturated heterocycles. The summed E-state index contributed by atoms with van der Waals surface area (Å²) in [6, 6.07) is 0.395. The van der Waals surface area contributed by atoms with Crippen molar-refractivity contribution in [3.8, 4) is 0 Å². The number of carbonyl (C=O) groups excluding carboxylic acids is 1. The van der Waals surface area contributed by atoms with Crippen LogP contribution >= 0.6 is 0 Å². The Kier molecular flexibility index (Phi) is 2.74. The molecule has 1 saturated carbocycles. The SMILES string of the molecule is NC1(CC(=O)NC2CCCC2)COC1. The topological polar surface area (TPSA) is 64.4 Å². The van der Waals surface area contributed by atoms with Crippen LogP contribution in [0.1, 0.15) is 32.1 Å². The molecule has 4 heteroatoms. The maximum atomic E-state index is 11.6. The van der Waals surface area contributed by atoms with E-state index in [0.717, 1.165) is 12.8 Å². The van der Waals surface area contributed by atoms with Crippen molar-refractivity contribution in [1.82, 2.24) is 5.32 Å². The predicted molar refractivity (Wildman–Crippen MR) is 52.8 cm³/mol. The van der Waals surface area contributed by atoms with E-state index in [0.29, 0.717) is 25.7 Å². The number of ether oxygens (including phenoxy) is 1. The van der Waals surface area contributed by atoms with Gasteiger partial charge in [-0.1, -0.05) is 12.8 Å². The first-order chi connectivity index (χ1) is 6.68. The molecule has 4 nitrogen and oxygen atoms in total. The minimum atomic E-state index is -0.386. The van der Waals surface area contributed by atoms with Crippen molar-refractivity contribution < 1.29 is 9.53 Å². The van der Waals surface area contributed by atoms with E-state index < -0.39 is 0 Å². The second-order valence-corrected chi connectivity index (χ2v) is 4.58. The van der Waals surface area contributed by atoms with Crippen LogP contribution in [-0.2, 0) is 9.53 Å². The first-order valence-corrected chi connectivity index (χ1v) is 5.34. The highest BCUT2D eigenvalue weighted by Gasteiger charge is 2.36. The van der Waals surface area contributed by atoms with Gasteiger partial charge in [-0.25, -0.2) is 0 Å². The van der Waals surface area contributed by atoms with Crippen molar-refractivity contribution in [3.05, 3.63) is 0 Å². The summed E-state index contributed by atoms with van der Waals surface area (Å²) >= 11 is 0. The van der Waals surface area contributed by atoms with Gasteiger partial charge in [-0.3, -0.25) is 4.79 Å². The minimum absolute atomic E-state index is 0.0858. The van der Waals surface area contributed by atoms with E-state index in [2.05, 4.69) is 5.32 Å². The Hall–Kier alpha value is -0.610. The third kappa shape index (κ3) is 2.25. The Morgan fingerprint density at radius 1 is 1.43 bits per heavy atom. The fourth-order valence-corrected chi connectivity index (χ4v) is 2.13. The van der Waals surface area contributed by atoms with E-state index in [4.69, 9.17) is 10.5 Å². The zero-order valence-electron chi connectivity index (χ0n) is 8.42. The van der Waals surface area contributed by atoms with Crippen molar-refractivity contribution in [2.75, 3.05) is 13.2 Å². The van der Waals surface area contributed by atoms with Gasteiger partial charge in [0.2, 0.25) is 5.91 Å². The Bertz CT molecular complexity index is 220. The molecule has 1 aliphatic carbocycles. The summed E-state index contributed by atoms with van der Waals surface area (Å²) in [4.78, 5) is 11.6. The number of nitrogens with two attached hydrogens (primary N) is 1. The van der Waals surface area contributed by atoms with Crippen LogP contribution in [0.4, 0.5) is 0 Å². The monoisotopic (exact) mass is 198 g/mol. The summed E-state index contributed by atoms with van der Waals surface area (Å²) in [6.45, 7) is 1.04. The molecular formula is C10H18N2O2. The lowest BCUT2D eigenvalue weighted by atomic mass is 9.94. The fourth-order valence-electron chi connectivity index (χ4n) is 2.13. The highest BCUT2D eigenvalue weighted by Crippen LogP contribution is 2.20. The van der Waals surface area contributed by atoms with Crippen molar-refractivity contribution in [2.24, 2.45) is 5.73 Å². The summed E-state index contributed by atoms with van der Waals surface area (Å²) in [5.41, 5.74) is 5.51. The number of nitrogens with one attached hydrogen (secondary N) is 1. The van der Waals surface area contributed by atoms with E-state index >= 15 is 0 Å². The number of carbonyl (C=O) groups is 1. The standard InChI is InChI=1S/C10H18N2O2/c11-10(6-14-7-10)5-9(13)12-8-3-1-2-4-8/h8H,1-7,11H2,(H,12,13). The lowest BCUT2D eigenvalue weighted by molar-refractivity contribution is -0.129. The van der Waals surface area contributed by atoms with Crippen LogP contribution < -0.4 is 11.1 Å². The van der Waals surface area contributed by atoms with Gasteiger partial charge in [0.15, 0.2) is 0 Å². The van der Waals surface area contributed by atoms with Crippen LogP contribution in [0.5, 0.6) is 0 Å². The summed E-state index contributed by atoms with van der Waals surface area (Å²) in [5, 5.41) is 3.03. The molecule has 1 aliphatic heterocycles. The molecule has 0 aromatic rings. The van der Waals surface area contributed by atoms with Crippen LogP contribution in [0, 0.1) is 0 Å². The maximum absolute atomic E-state index is 11.6. The zero-order valence-corrected chi connectivity index (χ0v) is 8.42. The lowest BCUT2D eigenvalue weighted by Crippen LogP contribution is -2.59. The van der Waals surface area contributed by atoms with Crippen molar-refractivity contribution in [3.63, 3.8) is 0 Å². The Labute approximate surface area is 84.2 Å². The Morgan fingerprint density at radius 3 is 2.57 bits per heavy atom. The molecule has 0 aromatic heterocycles. The van der Waals surface area contributed by atoms with Gasteiger partial charge in [-0.15, -0.1) is 0 Å². The van der Waals surface area contributed by atoms with Crippen molar-refractivity contribution >= 4 is 5.91 Å². The average molecular weight is 198 g/mol. The molecule has 14 heavy (non-hydrogen) atoms. The van der Waals surface area contributed by atoms with Crippen LogP contribution in [-0.4, -0.2) is 30.7 Å². The lowest BCUT2D eigenvalue weighted by Gasteiger charge is -2.37. The van der Waals surface area contributed by atoms with Crippen LogP contribution in [0.2, 0.25) is 0 Å². The molecule has 0 spiro atoms. The number of hydrogen-bond acceptors (Lipinski definition) is 3. The Morgan fingerprint density at radius 2 is 2.07 bits per heavy atom. The van der Waals surface area contributed by atoms with Crippen molar-refractivity contribution in [1.29, 1.82) is 0 Å². The largest absolute Gasteiger partial charge is 0.377 e. The van der Waals surface area contributed by atoms with E-state index in [-0.39, 0.29) is 11.4 Å². The molecule has 2 rings (SSSR count). The normalized spacial score (nSPS) is 25.8. The van der Waals surface area contributed by atoms with E-state index in [1.807, 2.05) is 0 Å². The number of hydrogen-bond donors (Lipinski definition) is 2. The highest BCUT2D eigenvalue weighted by molar-refractivity contribution is 5.77. The summed E-state index contributed by atoms with van der Waals surface area (Å²) in [7, 11) is 0. The summed E-state index contributed by atoms with van der Waals surface area (Å²) in [5.74, 6) is 0.0858. The number of amides is 1.